The lowest BCUT2D eigenvalue weighted by Gasteiger charge is -2.34. The van der Waals surface area contributed by atoms with Crippen LogP contribution in [0.25, 0.3) is 10.8 Å². The van der Waals surface area contributed by atoms with Crippen LogP contribution < -0.4 is 5.32 Å². The second kappa shape index (κ2) is 5.86. The lowest BCUT2D eigenvalue weighted by atomic mass is 9.91. The maximum atomic E-state index is 13.0. The Hall–Kier alpha value is -2.78. The van der Waals surface area contributed by atoms with E-state index >= 15 is 0 Å². The minimum Gasteiger partial charge on any atom is -0.295 e. The SMILES string of the molecule is O=C1CCC(N2C(=O)c3cccc4cc(S(=O)(=O)Cl)cc(c34)C2=O)C(=O)N1. The predicted octanol–water partition coefficient (Wildman–Crippen LogP) is 1.17. The Morgan fingerprint density at radius 1 is 1.04 bits per heavy atom. The van der Waals surface area contributed by atoms with E-state index < -0.39 is 38.7 Å². The Kier molecular flexibility index (Phi) is 3.83. The van der Waals surface area contributed by atoms with Crippen molar-refractivity contribution in [1.29, 1.82) is 0 Å². The molecule has 2 aromatic carbocycles. The fourth-order valence-corrected chi connectivity index (χ4v) is 4.24. The highest BCUT2D eigenvalue weighted by Crippen LogP contribution is 2.34. The molecule has 2 heterocycles. The molecular weight excluding hydrogens is 396 g/mol. The molecule has 2 aromatic rings. The van der Waals surface area contributed by atoms with Crippen molar-refractivity contribution in [3.63, 3.8) is 0 Å². The molecule has 0 radical (unpaired) electrons. The van der Waals surface area contributed by atoms with Gasteiger partial charge in [-0.2, -0.15) is 0 Å². The number of benzene rings is 2. The van der Waals surface area contributed by atoms with E-state index in [4.69, 9.17) is 10.7 Å². The van der Waals surface area contributed by atoms with Crippen LogP contribution in [-0.2, 0) is 18.6 Å². The average Bonchev–Trinajstić information content (AvgIpc) is 2.60. The summed E-state index contributed by atoms with van der Waals surface area (Å²) in [7, 11) is 1.30. The van der Waals surface area contributed by atoms with Crippen molar-refractivity contribution in [3.05, 3.63) is 41.5 Å². The van der Waals surface area contributed by atoms with Crippen LogP contribution in [0.5, 0.6) is 0 Å². The molecule has 0 aliphatic carbocycles. The lowest BCUT2D eigenvalue weighted by molar-refractivity contribution is -0.136. The fourth-order valence-electron chi connectivity index (χ4n) is 3.45. The summed E-state index contributed by atoms with van der Waals surface area (Å²) in [5.74, 6) is -2.70. The number of amides is 4. The van der Waals surface area contributed by atoms with E-state index in [1.165, 1.54) is 12.1 Å². The molecule has 1 saturated heterocycles. The van der Waals surface area contributed by atoms with E-state index in [9.17, 15) is 27.6 Å². The molecule has 1 atom stereocenters. The second-order valence-electron chi connectivity index (χ2n) is 6.26. The van der Waals surface area contributed by atoms with Gasteiger partial charge < -0.3 is 0 Å². The Labute approximate surface area is 157 Å². The zero-order valence-electron chi connectivity index (χ0n) is 13.6. The van der Waals surface area contributed by atoms with Gasteiger partial charge in [-0.05, 0) is 30.0 Å². The first kappa shape index (κ1) is 17.6. The van der Waals surface area contributed by atoms with Crippen molar-refractivity contribution in [2.45, 2.75) is 23.8 Å². The van der Waals surface area contributed by atoms with Gasteiger partial charge in [0.1, 0.15) is 6.04 Å². The molecule has 0 spiro atoms. The van der Waals surface area contributed by atoms with Gasteiger partial charge in [0.2, 0.25) is 11.8 Å². The summed E-state index contributed by atoms with van der Waals surface area (Å²) in [4.78, 5) is 50.0. The van der Waals surface area contributed by atoms with Crippen molar-refractivity contribution in [2.75, 3.05) is 0 Å². The monoisotopic (exact) mass is 406 g/mol. The number of nitrogens with zero attached hydrogens (tertiary/aromatic N) is 1. The van der Waals surface area contributed by atoms with Crippen molar-refractivity contribution >= 4 is 54.1 Å². The highest BCUT2D eigenvalue weighted by Gasteiger charge is 2.42. The molecule has 2 aliphatic rings. The Bertz CT molecular complexity index is 1170. The smallest absolute Gasteiger partial charge is 0.262 e. The number of nitrogens with one attached hydrogen (secondary N) is 1. The van der Waals surface area contributed by atoms with Crippen LogP contribution in [-0.4, -0.2) is 43.0 Å². The van der Waals surface area contributed by atoms with Crippen molar-refractivity contribution in [1.82, 2.24) is 10.2 Å². The normalized spacial score (nSPS) is 20.2. The summed E-state index contributed by atoms with van der Waals surface area (Å²) in [5.41, 5.74) is 0.136. The number of hydrogen-bond donors (Lipinski definition) is 1. The summed E-state index contributed by atoms with van der Waals surface area (Å²) in [5, 5.41) is 2.79. The van der Waals surface area contributed by atoms with Gasteiger partial charge in [-0.3, -0.25) is 29.4 Å². The van der Waals surface area contributed by atoms with Gasteiger partial charge >= 0.3 is 0 Å². The number of hydrogen-bond acceptors (Lipinski definition) is 6. The van der Waals surface area contributed by atoms with Crippen LogP contribution >= 0.6 is 10.7 Å². The van der Waals surface area contributed by atoms with E-state index in [0.29, 0.717) is 10.8 Å². The summed E-state index contributed by atoms with van der Waals surface area (Å²) < 4.78 is 23.5. The van der Waals surface area contributed by atoms with E-state index in [0.717, 1.165) is 11.0 Å². The Morgan fingerprint density at radius 3 is 2.41 bits per heavy atom. The minimum atomic E-state index is -4.12. The zero-order chi connectivity index (χ0) is 19.5. The van der Waals surface area contributed by atoms with Crippen molar-refractivity contribution in [3.8, 4) is 0 Å². The van der Waals surface area contributed by atoms with Gasteiger partial charge in [-0.1, -0.05) is 12.1 Å². The molecule has 1 fully saturated rings. The standard InChI is InChI=1S/C17H11ClN2O6S/c18-27(25,26)9-6-8-2-1-3-10-14(8)11(7-9)17(24)20(16(10)23)12-4-5-13(21)19-15(12)22/h1-3,6-7,12H,4-5H2,(H,19,21,22). The molecule has 4 amide bonds. The van der Waals surface area contributed by atoms with Crippen LogP contribution in [0.15, 0.2) is 35.2 Å². The summed E-state index contributed by atoms with van der Waals surface area (Å²) >= 11 is 0. The topological polar surface area (TPSA) is 118 Å². The van der Waals surface area contributed by atoms with Crippen LogP contribution in [0.4, 0.5) is 0 Å². The third-order valence-corrected chi connectivity index (χ3v) is 5.99. The zero-order valence-corrected chi connectivity index (χ0v) is 15.1. The first-order chi connectivity index (χ1) is 12.7. The summed E-state index contributed by atoms with van der Waals surface area (Å²) in [6.45, 7) is 0. The van der Waals surface area contributed by atoms with Crippen molar-refractivity contribution < 1.29 is 27.6 Å². The molecule has 10 heteroatoms. The van der Waals surface area contributed by atoms with Gasteiger partial charge in [-0.15, -0.1) is 0 Å². The highest BCUT2D eigenvalue weighted by atomic mass is 35.7. The highest BCUT2D eigenvalue weighted by molar-refractivity contribution is 8.13. The number of rotatable bonds is 2. The molecule has 27 heavy (non-hydrogen) atoms. The maximum Gasteiger partial charge on any atom is 0.262 e. The molecule has 8 nitrogen and oxygen atoms in total. The van der Waals surface area contributed by atoms with Gasteiger partial charge in [0.15, 0.2) is 0 Å². The number of halogens is 1. The van der Waals surface area contributed by atoms with E-state index in [1.807, 2.05) is 0 Å². The Morgan fingerprint density at radius 2 is 1.74 bits per heavy atom. The molecule has 0 saturated carbocycles. The van der Waals surface area contributed by atoms with Gasteiger partial charge in [0.25, 0.3) is 20.9 Å². The molecule has 0 aromatic heterocycles. The molecule has 0 bridgehead atoms. The average molecular weight is 407 g/mol. The first-order valence-electron chi connectivity index (χ1n) is 7.91. The third kappa shape index (κ3) is 2.70. The van der Waals surface area contributed by atoms with Crippen LogP contribution in [0.3, 0.4) is 0 Å². The first-order valence-corrected chi connectivity index (χ1v) is 10.2. The Balaban J connectivity index is 1.93. The number of carbonyl (C=O) groups is 4. The number of carbonyl (C=O) groups excluding carboxylic acids is 4. The molecule has 4 rings (SSSR count). The molecule has 138 valence electrons. The number of imide groups is 2. The largest absolute Gasteiger partial charge is 0.295 e. The second-order valence-corrected chi connectivity index (χ2v) is 8.83. The summed E-state index contributed by atoms with van der Waals surface area (Å²) in [6, 6.07) is 5.84. The van der Waals surface area contributed by atoms with Crippen LogP contribution in [0.1, 0.15) is 33.6 Å². The molecule has 1 unspecified atom stereocenters. The molecule has 2 aliphatic heterocycles. The van der Waals surface area contributed by atoms with Crippen LogP contribution in [0, 0.1) is 0 Å². The minimum absolute atomic E-state index is 0.000944. The predicted molar refractivity (Wildman–Crippen MR) is 93.7 cm³/mol. The third-order valence-electron chi connectivity index (χ3n) is 4.65. The van der Waals surface area contributed by atoms with Crippen LogP contribution in [0.2, 0.25) is 0 Å². The van der Waals surface area contributed by atoms with Crippen molar-refractivity contribution in [2.24, 2.45) is 0 Å². The molecular formula is C17H11ClN2O6S. The quantitative estimate of drug-likeness (QED) is 0.590. The van der Waals surface area contributed by atoms with E-state index in [1.54, 1.807) is 12.1 Å². The van der Waals surface area contributed by atoms with Gasteiger partial charge in [0, 0.05) is 33.6 Å². The summed E-state index contributed by atoms with van der Waals surface area (Å²) in [6.07, 6.45) is -0.0123. The lowest BCUT2D eigenvalue weighted by Crippen LogP contribution is -2.57. The molecule has 1 N–H and O–H groups in total. The maximum absolute atomic E-state index is 13.0. The fraction of sp³-hybridized carbons (Fsp3) is 0.176. The van der Waals surface area contributed by atoms with Gasteiger partial charge in [0.05, 0.1) is 4.90 Å². The van der Waals surface area contributed by atoms with Gasteiger partial charge in [-0.25, -0.2) is 8.42 Å². The van der Waals surface area contributed by atoms with E-state index in [-0.39, 0.29) is 28.9 Å². The van der Waals surface area contributed by atoms with E-state index in [2.05, 4.69) is 5.32 Å². The number of piperidine rings is 1.